The molecule has 0 aliphatic rings. The first kappa shape index (κ1) is 20.8. The van der Waals surface area contributed by atoms with E-state index < -0.39 is 10.0 Å². The maximum Gasteiger partial charge on any atom is 0.238 e. The van der Waals surface area contributed by atoms with Crippen LogP contribution in [0.2, 0.25) is 0 Å². The molecular weight excluding hydrogens is 393 g/mol. The Bertz CT molecular complexity index is 1110. The summed E-state index contributed by atoms with van der Waals surface area (Å²) in [5.41, 5.74) is 2.80. The number of aromatic amines is 1. The average Bonchev–Trinajstić information content (AvgIpc) is 3.08. The third-order valence-electron chi connectivity index (χ3n) is 4.43. The molecule has 5 N–H and O–H groups in total. The highest BCUT2D eigenvalue weighted by molar-refractivity contribution is 7.89. The SMILES string of the molecule is CCNC(=NCc1ccc(S(N)(=O)=O)cc1)NCCc1c[nH]c2ccc(F)cc12. The number of fused-ring (bicyclic) bond motifs is 1. The van der Waals surface area contributed by atoms with Crippen molar-refractivity contribution in [3.63, 3.8) is 0 Å². The molecule has 0 saturated carbocycles. The summed E-state index contributed by atoms with van der Waals surface area (Å²) in [6.07, 6.45) is 2.60. The van der Waals surface area contributed by atoms with Crippen molar-refractivity contribution >= 4 is 26.9 Å². The van der Waals surface area contributed by atoms with Crippen LogP contribution < -0.4 is 15.8 Å². The number of nitrogens with one attached hydrogen (secondary N) is 3. The van der Waals surface area contributed by atoms with Crippen molar-refractivity contribution in [1.29, 1.82) is 0 Å². The van der Waals surface area contributed by atoms with E-state index in [0.29, 0.717) is 32.0 Å². The number of rotatable bonds is 7. The lowest BCUT2D eigenvalue weighted by molar-refractivity contribution is 0.597. The van der Waals surface area contributed by atoms with Crippen LogP contribution in [0.15, 0.2) is 58.5 Å². The van der Waals surface area contributed by atoms with Gasteiger partial charge in [-0.2, -0.15) is 0 Å². The molecule has 0 aliphatic carbocycles. The molecule has 1 heterocycles. The van der Waals surface area contributed by atoms with Crippen molar-refractivity contribution in [3.8, 4) is 0 Å². The van der Waals surface area contributed by atoms with Gasteiger partial charge in [-0.25, -0.2) is 22.9 Å². The number of nitrogens with two attached hydrogens (primary N) is 1. The van der Waals surface area contributed by atoms with Crippen LogP contribution in [-0.2, 0) is 23.0 Å². The quantitative estimate of drug-likeness (QED) is 0.349. The van der Waals surface area contributed by atoms with Crippen molar-refractivity contribution in [1.82, 2.24) is 15.6 Å². The van der Waals surface area contributed by atoms with Crippen molar-refractivity contribution in [2.75, 3.05) is 13.1 Å². The molecular formula is C20H24FN5O2S. The first-order valence-electron chi connectivity index (χ1n) is 9.26. The zero-order valence-corrected chi connectivity index (χ0v) is 16.9. The number of halogens is 1. The van der Waals surface area contributed by atoms with Crippen molar-refractivity contribution < 1.29 is 12.8 Å². The molecule has 154 valence electrons. The second-order valence-electron chi connectivity index (χ2n) is 6.56. The second-order valence-corrected chi connectivity index (χ2v) is 8.13. The lowest BCUT2D eigenvalue weighted by Gasteiger charge is -2.11. The number of guanidine groups is 1. The van der Waals surface area contributed by atoms with Gasteiger partial charge < -0.3 is 15.6 Å². The minimum absolute atomic E-state index is 0.0745. The Hall–Kier alpha value is -2.91. The molecule has 0 fully saturated rings. The van der Waals surface area contributed by atoms with Gasteiger partial charge in [0.05, 0.1) is 11.4 Å². The van der Waals surface area contributed by atoms with Crippen molar-refractivity contribution in [2.24, 2.45) is 10.1 Å². The minimum atomic E-state index is -3.70. The number of hydrogen-bond acceptors (Lipinski definition) is 3. The molecule has 0 aliphatic heterocycles. The van der Waals surface area contributed by atoms with E-state index in [1.807, 2.05) is 13.1 Å². The minimum Gasteiger partial charge on any atom is -0.361 e. The Morgan fingerprint density at radius 3 is 2.62 bits per heavy atom. The summed E-state index contributed by atoms with van der Waals surface area (Å²) in [6, 6.07) is 11.0. The molecule has 9 heteroatoms. The lowest BCUT2D eigenvalue weighted by atomic mass is 10.1. The van der Waals surface area contributed by atoms with Gasteiger partial charge in [-0.3, -0.25) is 0 Å². The maximum absolute atomic E-state index is 13.5. The fraction of sp³-hybridized carbons (Fsp3) is 0.250. The van der Waals surface area contributed by atoms with Gasteiger partial charge in [0.2, 0.25) is 10.0 Å². The van der Waals surface area contributed by atoms with Gasteiger partial charge in [0.15, 0.2) is 5.96 Å². The Labute approximate surface area is 169 Å². The van der Waals surface area contributed by atoms with E-state index in [1.165, 1.54) is 24.3 Å². The standard InChI is InChI=1S/C20H24FN5O2S/c1-2-23-20(26-12-14-3-6-17(7-4-14)29(22,27)28)24-10-9-15-13-25-19-8-5-16(21)11-18(15)19/h3-8,11,13,25H,2,9-10,12H2,1H3,(H2,22,27,28)(H2,23,24,26). The smallest absolute Gasteiger partial charge is 0.238 e. The van der Waals surface area contributed by atoms with E-state index in [0.717, 1.165) is 22.0 Å². The van der Waals surface area contributed by atoms with Crippen LogP contribution in [0.4, 0.5) is 4.39 Å². The predicted molar refractivity (Wildman–Crippen MR) is 113 cm³/mol. The number of nitrogens with zero attached hydrogens (tertiary/aromatic N) is 1. The second kappa shape index (κ2) is 9.06. The largest absolute Gasteiger partial charge is 0.361 e. The van der Waals surface area contributed by atoms with E-state index in [1.54, 1.807) is 18.2 Å². The number of hydrogen-bond donors (Lipinski definition) is 4. The molecule has 29 heavy (non-hydrogen) atoms. The molecule has 3 rings (SSSR count). The first-order valence-corrected chi connectivity index (χ1v) is 10.8. The maximum atomic E-state index is 13.5. The van der Waals surface area contributed by atoms with Gasteiger partial charge in [-0.15, -0.1) is 0 Å². The molecule has 0 atom stereocenters. The van der Waals surface area contributed by atoms with Gasteiger partial charge in [0.25, 0.3) is 0 Å². The number of primary sulfonamides is 1. The fourth-order valence-electron chi connectivity index (χ4n) is 2.97. The summed E-state index contributed by atoms with van der Waals surface area (Å²) < 4.78 is 36.1. The van der Waals surface area contributed by atoms with E-state index in [2.05, 4.69) is 20.6 Å². The molecule has 0 unspecified atom stereocenters. The van der Waals surface area contributed by atoms with Gasteiger partial charge in [-0.05, 0) is 54.8 Å². The predicted octanol–water partition coefficient (Wildman–Crippen LogP) is 2.25. The summed E-state index contributed by atoms with van der Waals surface area (Å²) in [4.78, 5) is 7.74. The molecule has 0 radical (unpaired) electrons. The lowest BCUT2D eigenvalue weighted by Crippen LogP contribution is -2.38. The van der Waals surface area contributed by atoms with E-state index in [9.17, 15) is 12.8 Å². The van der Waals surface area contributed by atoms with Crippen LogP contribution in [0.3, 0.4) is 0 Å². The summed E-state index contributed by atoms with van der Waals surface area (Å²) in [5, 5.41) is 12.4. The highest BCUT2D eigenvalue weighted by Crippen LogP contribution is 2.19. The Balaban J connectivity index is 1.61. The van der Waals surface area contributed by atoms with Crippen LogP contribution in [0.25, 0.3) is 10.9 Å². The number of aliphatic imine (C=N–C) groups is 1. The topological polar surface area (TPSA) is 112 Å². The Kier molecular flexibility index (Phi) is 6.50. The van der Waals surface area contributed by atoms with Crippen LogP contribution in [0.5, 0.6) is 0 Å². The van der Waals surface area contributed by atoms with E-state index in [4.69, 9.17) is 5.14 Å². The van der Waals surface area contributed by atoms with Crippen LogP contribution >= 0.6 is 0 Å². The molecule has 3 aromatic rings. The molecule has 2 aromatic carbocycles. The van der Waals surface area contributed by atoms with Crippen molar-refractivity contribution in [2.45, 2.75) is 24.8 Å². The molecule has 7 nitrogen and oxygen atoms in total. The van der Waals surface area contributed by atoms with Gasteiger partial charge in [0, 0.05) is 30.2 Å². The zero-order chi connectivity index (χ0) is 20.9. The normalized spacial score (nSPS) is 12.3. The summed E-state index contributed by atoms with van der Waals surface area (Å²) in [5.74, 6) is 0.392. The third-order valence-corrected chi connectivity index (χ3v) is 5.36. The molecule has 1 aromatic heterocycles. The summed E-state index contributed by atoms with van der Waals surface area (Å²) in [7, 11) is -3.70. The monoisotopic (exact) mass is 417 g/mol. The molecule has 0 saturated heterocycles. The fourth-order valence-corrected chi connectivity index (χ4v) is 3.49. The zero-order valence-electron chi connectivity index (χ0n) is 16.1. The number of sulfonamides is 1. The summed E-state index contributed by atoms with van der Waals surface area (Å²) in [6.45, 7) is 3.69. The molecule has 0 amide bonds. The van der Waals surface area contributed by atoms with Gasteiger partial charge in [-0.1, -0.05) is 12.1 Å². The highest BCUT2D eigenvalue weighted by Gasteiger charge is 2.07. The third kappa shape index (κ3) is 5.55. The van der Waals surface area contributed by atoms with Gasteiger partial charge >= 0.3 is 0 Å². The van der Waals surface area contributed by atoms with E-state index in [-0.39, 0.29) is 10.7 Å². The Morgan fingerprint density at radius 1 is 1.17 bits per heavy atom. The van der Waals surface area contributed by atoms with Gasteiger partial charge in [0.1, 0.15) is 5.82 Å². The molecule has 0 spiro atoms. The van der Waals surface area contributed by atoms with Crippen LogP contribution in [0, 0.1) is 5.82 Å². The number of H-pyrrole nitrogens is 1. The molecule has 0 bridgehead atoms. The van der Waals surface area contributed by atoms with Crippen LogP contribution in [0.1, 0.15) is 18.1 Å². The Morgan fingerprint density at radius 2 is 1.93 bits per heavy atom. The first-order chi connectivity index (χ1) is 13.9. The highest BCUT2D eigenvalue weighted by atomic mass is 32.2. The van der Waals surface area contributed by atoms with E-state index >= 15 is 0 Å². The number of benzene rings is 2. The van der Waals surface area contributed by atoms with Crippen molar-refractivity contribution in [3.05, 3.63) is 65.6 Å². The summed E-state index contributed by atoms with van der Waals surface area (Å²) >= 11 is 0. The average molecular weight is 418 g/mol. The number of aromatic nitrogens is 1. The van der Waals surface area contributed by atoms with Crippen LogP contribution in [-0.4, -0.2) is 32.5 Å².